The van der Waals surface area contributed by atoms with Crippen LogP contribution in [0.1, 0.15) is 24.5 Å². The molecule has 7 nitrogen and oxygen atoms in total. The molecule has 0 bridgehead atoms. The van der Waals surface area contributed by atoms with Crippen LogP contribution in [0.15, 0.2) is 71.6 Å². The van der Waals surface area contributed by atoms with Crippen LogP contribution in [0.25, 0.3) is 0 Å². The van der Waals surface area contributed by atoms with Gasteiger partial charge in [0.05, 0.1) is 15.6 Å². The first-order chi connectivity index (χ1) is 18.0. The molecule has 38 heavy (non-hydrogen) atoms. The van der Waals surface area contributed by atoms with Crippen LogP contribution in [0.5, 0.6) is 0 Å². The number of benzene rings is 3. The quantitative estimate of drug-likeness (QED) is 0.325. The molecule has 0 aromatic heterocycles. The fourth-order valence-corrected chi connectivity index (χ4v) is 5.98. The van der Waals surface area contributed by atoms with E-state index in [0.717, 1.165) is 9.87 Å². The Morgan fingerprint density at radius 2 is 1.61 bits per heavy atom. The van der Waals surface area contributed by atoms with Gasteiger partial charge in [0, 0.05) is 23.6 Å². The van der Waals surface area contributed by atoms with Gasteiger partial charge in [0.1, 0.15) is 12.6 Å². The van der Waals surface area contributed by atoms with E-state index >= 15 is 0 Å². The lowest BCUT2D eigenvalue weighted by atomic mass is 10.1. The van der Waals surface area contributed by atoms with E-state index in [1.54, 1.807) is 43.3 Å². The maximum atomic E-state index is 13.9. The lowest BCUT2D eigenvalue weighted by molar-refractivity contribution is -0.140. The van der Waals surface area contributed by atoms with Gasteiger partial charge in [-0.2, -0.15) is 0 Å². The second-order valence-electron chi connectivity index (χ2n) is 8.57. The molecule has 1 unspecified atom stereocenters. The van der Waals surface area contributed by atoms with Crippen molar-refractivity contribution in [3.63, 3.8) is 0 Å². The Morgan fingerprint density at radius 1 is 0.947 bits per heavy atom. The highest BCUT2D eigenvalue weighted by Crippen LogP contribution is 2.33. The molecule has 0 heterocycles. The molecular formula is C27H28Cl3N3O4S. The van der Waals surface area contributed by atoms with E-state index < -0.39 is 28.5 Å². The minimum atomic E-state index is -4.26. The highest BCUT2D eigenvalue weighted by Gasteiger charge is 2.34. The largest absolute Gasteiger partial charge is 0.357 e. The summed E-state index contributed by atoms with van der Waals surface area (Å²) < 4.78 is 28.6. The zero-order valence-electron chi connectivity index (χ0n) is 21.1. The molecule has 0 saturated carbocycles. The summed E-state index contributed by atoms with van der Waals surface area (Å²) in [6.45, 7) is 2.96. The van der Waals surface area contributed by atoms with Crippen molar-refractivity contribution in [3.8, 4) is 0 Å². The van der Waals surface area contributed by atoms with Gasteiger partial charge < -0.3 is 10.2 Å². The molecule has 1 N–H and O–H groups in total. The molecule has 0 fully saturated rings. The van der Waals surface area contributed by atoms with E-state index in [0.29, 0.717) is 17.0 Å². The third kappa shape index (κ3) is 6.80. The zero-order chi connectivity index (χ0) is 28.0. The van der Waals surface area contributed by atoms with E-state index in [4.69, 9.17) is 34.8 Å². The van der Waals surface area contributed by atoms with Gasteiger partial charge in [0.2, 0.25) is 11.8 Å². The Labute approximate surface area is 238 Å². The molecule has 0 aliphatic rings. The standard InChI is InChI=1S/C27H28Cl3N3O4S/c1-4-24(27(35)31-3)32(16-19-7-5-6-8-22(19)29)26(34)17-33(25-15-20(28)11-14-23(25)30)38(36,37)21-12-9-18(2)10-13-21/h5-15,24H,4,16-17H2,1-3H3,(H,31,35). The van der Waals surface area contributed by atoms with Crippen molar-refractivity contribution in [2.75, 3.05) is 17.9 Å². The number of carbonyl (C=O) groups is 2. The van der Waals surface area contributed by atoms with E-state index in [1.807, 2.05) is 6.92 Å². The van der Waals surface area contributed by atoms with E-state index in [-0.39, 0.29) is 33.1 Å². The first-order valence-corrected chi connectivity index (χ1v) is 14.4. The van der Waals surface area contributed by atoms with Crippen LogP contribution in [0.2, 0.25) is 15.1 Å². The Bertz CT molecular complexity index is 1420. The average molecular weight is 597 g/mol. The third-order valence-corrected chi connectivity index (χ3v) is 8.69. The van der Waals surface area contributed by atoms with Crippen LogP contribution < -0.4 is 9.62 Å². The molecule has 3 rings (SSSR count). The second-order valence-corrected chi connectivity index (χ2v) is 11.7. The van der Waals surface area contributed by atoms with Crippen molar-refractivity contribution in [1.82, 2.24) is 10.2 Å². The van der Waals surface area contributed by atoms with Crippen molar-refractivity contribution in [2.45, 2.75) is 37.8 Å². The summed E-state index contributed by atoms with van der Waals surface area (Å²) >= 11 is 19.0. The lowest BCUT2D eigenvalue weighted by Gasteiger charge is -2.33. The first kappa shape index (κ1) is 29.8. The topological polar surface area (TPSA) is 86.8 Å². The fraction of sp³-hybridized carbons (Fsp3) is 0.259. The van der Waals surface area contributed by atoms with Crippen LogP contribution >= 0.6 is 34.8 Å². The molecule has 0 radical (unpaired) electrons. The number of carbonyl (C=O) groups excluding carboxylic acids is 2. The van der Waals surface area contributed by atoms with Crippen molar-refractivity contribution in [3.05, 3.63) is 92.9 Å². The summed E-state index contributed by atoms with van der Waals surface area (Å²) in [5.74, 6) is -1.01. The summed E-state index contributed by atoms with van der Waals surface area (Å²) in [6, 6.07) is 16.7. The number of amides is 2. The summed E-state index contributed by atoms with van der Waals surface area (Å²) in [6.07, 6.45) is 0.290. The van der Waals surface area contributed by atoms with Crippen LogP contribution in [-0.4, -0.2) is 44.8 Å². The minimum Gasteiger partial charge on any atom is -0.357 e. The molecule has 3 aromatic carbocycles. The normalized spacial score (nSPS) is 12.1. The molecule has 0 aliphatic heterocycles. The van der Waals surface area contributed by atoms with Gasteiger partial charge in [-0.3, -0.25) is 13.9 Å². The Kier molecular flexibility index (Phi) is 10.1. The third-order valence-electron chi connectivity index (χ3n) is 6.00. The number of anilines is 1. The van der Waals surface area contributed by atoms with Crippen molar-refractivity contribution in [2.24, 2.45) is 0 Å². The summed E-state index contributed by atoms with van der Waals surface area (Å²) in [7, 11) is -2.79. The van der Waals surface area contributed by atoms with E-state index in [1.165, 1.54) is 42.3 Å². The van der Waals surface area contributed by atoms with Gasteiger partial charge in [0.15, 0.2) is 0 Å². The minimum absolute atomic E-state index is 0.00781. The van der Waals surface area contributed by atoms with Crippen LogP contribution in [-0.2, 0) is 26.2 Å². The van der Waals surface area contributed by atoms with Gasteiger partial charge in [0.25, 0.3) is 10.0 Å². The predicted octanol–water partition coefficient (Wildman–Crippen LogP) is 5.70. The van der Waals surface area contributed by atoms with Crippen molar-refractivity contribution in [1.29, 1.82) is 0 Å². The second kappa shape index (κ2) is 12.8. The molecule has 0 saturated heterocycles. The number of halogens is 3. The molecule has 202 valence electrons. The van der Waals surface area contributed by atoms with Crippen LogP contribution in [0.3, 0.4) is 0 Å². The lowest BCUT2D eigenvalue weighted by Crippen LogP contribution is -2.51. The number of rotatable bonds is 10. The van der Waals surface area contributed by atoms with E-state index in [9.17, 15) is 18.0 Å². The predicted molar refractivity (Wildman–Crippen MR) is 152 cm³/mol. The molecule has 3 aromatic rings. The molecule has 1 atom stereocenters. The average Bonchev–Trinajstić information content (AvgIpc) is 2.89. The molecule has 11 heteroatoms. The van der Waals surface area contributed by atoms with Crippen LogP contribution in [0, 0.1) is 6.92 Å². The number of hydrogen-bond acceptors (Lipinski definition) is 4. The number of aryl methyl sites for hydroxylation is 1. The molecule has 2 amide bonds. The van der Waals surface area contributed by atoms with Crippen LogP contribution in [0.4, 0.5) is 5.69 Å². The van der Waals surface area contributed by atoms with E-state index in [2.05, 4.69) is 5.32 Å². The zero-order valence-corrected chi connectivity index (χ0v) is 24.2. The molecule has 0 spiro atoms. The van der Waals surface area contributed by atoms with Gasteiger partial charge in [-0.15, -0.1) is 0 Å². The first-order valence-electron chi connectivity index (χ1n) is 11.8. The number of sulfonamides is 1. The fourth-order valence-electron chi connectivity index (χ4n) is 3.92. The summed E-state index contributed by atoms with van der Waals surface area (Å²) in [5.41, 5.74) is 1.52. The Balaban J connectivity index is 2.12. The Morgan fingerprint density at radius 3 is 2.21 bits per heavy atom. The summed E-state index contributed by atoms with van der Waals surface area (Å²) in [5, 5.41) is 3.33. The number of nitrogens with one attached hydrogen (secondary N) is 1. The monoisotopic (exact) mass is 595 g/mol. The smallest absolute Gasteiger partial charge is 0.264 e. The SMILES string of the molecule is CCC(C(=O)NC)N(Cc1ccccc1Cl)C(=O)CN(c1cc(Cl)ccc1Cl)S(=O)(=O)c1ccc(C)cc1. The Hall–Kier alpha value is -2.78. The van der Waals surface area contributed by atoms with Crippen molar-refractivity contribution >= 4 is 62.3 Å². The van der Waals surface area contributed by atoms with Gasteiger partial charge in [-0.05, 0) is 55.3 Å². The van der Waals surface area contributed by atoms with Gasteiger partial charge >= 0.3 is 0 Å². The maximum Gasteiger partial charge on any atom is 0.264 e. The number of hydrogen-bond donors (Lipinski definition) is 1. The highest BCUT2D eigenvalue weighted by atomic mass is 35.5. The van der Waals surface area contributed by atoms with Gasteiger partial charge in [-0.25, -0.2) is 8.42 Å². The summed E-state index contributed by atoms with van der Waals surface area (Å²) in [4.78, 5) is 28.0. The van der Waals surface area contributed by atoms with Crippen molar-refractivity contribution < 1.29 is 18.0 Å². The maximum absolute atomic E-state index is 13.9. The van der Waals surface area contributed by atoms with Gasteiger partial charge in [-0.1, -0.05) is 77.6 Å². The number of nitrogens with zero attached hydrogens (tertiary/aromatic N) is 2. The molecular weight excluding hydrogens is 569 g/mol. The molecule has 0 aliphatic carbocycles. The number of likely N-dealkylation sites (N-methyl/N-ethyl adjacent to an activating group) is 1. The highest BCUT2D eigenvalue weighted by molar-refractivity contribution is 7.92.